The van der Waals surface area contributed by atoms with E-state index < -0.39 is 0 Å². The van der Waals surface area contributed by atoms with Gasteiger partial charge in [0.25, 0.3) is 0 Å². The zero-order valence-electron chi connectivity index (χ0n) is 7.22. The van der Waals surface area contributed by atoms with E-state index in [-0.39, 0.29) is 0 Å². The van der Waals surface area contributed by atoms with Gasteiger partial charge in [0.1, 0.15) is 0 Å². The van der Waals surface area contributed by atoms with Crippen molar-refractivity contribution >= 4 is 0 Å². The van der Waals surface area contributed by atoms with Crippen molar-refractivity contribution < 1.29 is 0 Å². The predicted octanol–water partition coefficient (Wildman–Crippen LogP) is 0.688. The molecule has 2 nitrogen and oxygen atoms in total. The molecule has 1 heterocycles. The van der Waals surface area contributed by atoms with Crippen molar-refractivity contribution in [2.75, 3.05) is 20.6 Å². The van der Waals surface area contributed by atoms with Crippen LogP contribution in [0.5, 0.6) is 0 Å². The Morgan fingerprint density at radius 1 is 1.40 bits per heavy atom. The first-order valence-electron chi connectivity index (χ1n) is 4.11. The second-order valence-electron chi connectivity index (χ2n) is 3.42. The van der Waals surface area contributed by atoms with E-state index in [0.29, 0.717) is 6.04 Å². The SMILES string of the molecule is C[C@H]1NCCC[C@H]1N(C)C. The normalized spacial score (nSPS) is 34.8. The van der Waals surface area contributed by atoms with Gasteiger partial charge in [0, 0.05) is 12.1 Å². The fourth-order valence-corrected chi connectivity index (χ4v) is 1.73. The molecule has 1 N–H and O–H groups in total. The molecule has 0 amide bonds. The molecule has 0 radical (unpaired) electrons. The maximum Gasteiger partial charge on any atom is 0.0241 e. The average Bonchev–Trinajstić information content (AvgIpc) is 1.88. The van der Waals surface area contributed by atoms with Gasteiger partial charge >= 0.3 is 0 Å². The zero-order chi connectivity index (χ0) is 7.56. The molecule has 2 heteroatoms. The van der Waals surface area contributed by atoms with Gasteiger partial charge < -0.3 is 10.2 Å². The van der Waals surface area contributed by atoms with Crippen molar-refractivity contribution in [1.29, 1.82) is 0 Å². The van der Waals surface area contributed by atoms with Gasteiger partial charge in [-0.3, -0.25) is 0 Å². The monoisotopic (exact) mass is 142 g/mol. The quantitative estimate of drug-likeness (QED) is 0.579. The third kappa shape index (κ3) is 1.70. The molecular formula is C8H18N2. The molecule has 10 heavy (non-hydrogen) atoms. The number of rotatable bonds is 1. The zero-order valence-corrected chi connectivity index (χ0v) is 7.22. The molecule has 0 saturated carbocycles. The topological polar surface area (TPSA) is 15.3 Å². The van der Waals surface area contributed by atoms with Crippen LogP contribution in [0.1, 0.15) is 19.8 Å². The minimum absolute atomic E-state index is 0.670. The van der Waals surface area contributed by atoms with Gasteiger partial charge in [0.2, 0.25) is 0 Å². The Morgan fingerprint density at radius 2 is 2.10 bits per heavy atom. The van der Waals surface area contributed by atoms with Crippen LogP contribution in [-0.2, 0) is 0 Å². The van der Waals surface area contributed by atoms with Crippen LogP contribution in [-0.4, -0.2) is 37.6 Å². The van der Waals surface area contributed by atoms with Crippen LogP contribution < -0.4 is 5.32 Å². The van der Waals surface area contributed by atoms with Crippen molar-refractivity contribution in [2.24, 2.45) is 0 Å². The highest BCUT2D eigenvalue weighted by Crippen LogP contribution is 2.11. The first kappa shape index (κ1) is 8.02. The summed E-state index contributed by atoms with van der Waals surface area (Å²) in [5.41, 5.74) is 0. The van der Waals surface area contributed by atoms with Crippen LogP contribution in [0.2, 0.25) is 0 Å². The third-order valence-corrected chi connectivity index (χ3v) is 2.38. The molecule has 2 atom stereocenters. The molecule has 0 aromatic rings. The number of nitrogens with one attached hydrogen (secondary N) is 1. The van der Waals surface area contributed by atoms with E-state index in [9.17, 15) is 0 Å². The van der Waals surface area contributed by atoms with Crippen LogP contribution in [0.25, 0.3) is 0 Å². The Balaban J connectivity index is 2.40. The predicted molar refractivity (Wildman–Crippen MR) is 44.2 cm³/mol. The van der Waals surface area contributed by atoms with E-state index in [1.807, 2.05) is 0 Å². The van der Waals surface area contributed by atoms with Gasteiger partial charge in [-0.1, -0.05) is 0 Å². The van der Waals surface area contributed by atoms with Crippen molar-refractivity contribution in [1.82, 2.24) is 10.2 Å². The molecule has 0 spiro atoms. The molecular weight excluding hydrogens is 124 g/mol. The summed E-state index contributed by atoms with van der Waals surface area (Å²) in [5, 5.41) is 3.47. The second-order valence-corrected chi connectivity index (χ2v) is 3.42. The van der Waals surface area contributed by atoms with Crippen molar-refractivity contribution in [3.05, 3.63) is 0 Å². The van der Waals surface area contributed by atoms with Gasteiger partial charge in [0.15, 0.2) is 0 Å². The highest BCUT2D eigenvalue weighted by Gasteiger charge is 2.21. The Morgan fingerprint density at radius 3 is 2.50 bits per heavy atom. The summed E-state index contributed by atoms with van der Waals surface area (Å²) in [5.74, 6) is 0. The second kappa shape index (κ2) is 3.35. The summed E-state index contributed by atoms with van der Waals surface area (Å²) in [6, 6.07) is 1.41. The molecule has 1 aliphatic heterocycles. The average molecular weight is 142 g/mol. The van der Waals surface area contributed by atoms with Gasteiger partial charge in [-0.25, -0.2) is 0 Å². The van der Waals surface area contributed by atoms with Gasteiger partial charge in [0.05, 0.1) is 0 Å². The number of hydrogen-bond acceptors (Lipinski definition) is 2. The molecule has 0 unspecified atom stereocenters. The lowest BCUT2D eigenvalue weighted by molar-refractivity contribution is 0.195. The number of hydrogen-bond donors (Lipinski definition) is 1. The van der Waals surface area contributed by atoms with Gasteiger partial charge in [-0.2, -0.15) is 0 Å². The van der Waals surface area contributed by atoms with Crippen LogP contribution in [0.3, 0.4) is 0 Å². The molecule has 0 aromatic heterocycles. The van der Waals surface area contributed by atoms with E-state index in [2.05, 4.69) is 31.2 Å². The number of likely N-dealkylation sites (N-methyl/N-ethyl adjacent to an activating group) is 1. The van der Waals surface area contributed by atoms with E-state index in [0.717, 1.165) is 6.04 Å². The highest BCUT2D eigenvalue weighted by molar-refractivity contribution is 4.82. The summed E-state index contributed by atoms with van der Waals surface area (Å²) >= 11 is 0. The van der Waals surface area contributed by atoms with Crippen molar-refractivity contribution in [3.63, 3.8) is 0 Å². The van der Waals surface area contributed by atoms with E-state index in [1.54, 1.807) is 0 Å². The molecule has 1 rings (SSSR count). The molecule has 1 aliphatic rings. The molecule has 60 valence electrons. The van der Waals surface area contributed by atoms with Gasteiger partial charge in [-0.05, 0) is 40.4 Å². The molecule has 1 saturated heterocycles. The van der Waals surface area contributed by atoms with Crippen LogP contribution in [0, 0.1) is 0 Å². The minimum Gasteiger partial charge on any atom is -0.313 e. The highest BCUT2D eigenvalue weighted by atomic mass is 15.1. The van der Waals surface area contributed by atoms with E-state index in [1.165, 1.54) is 19.4 Å². The van der Waals surface area contributed by atoms with Crippen LogP contribution >= 0.6 is 0 Å². The lowest BCUT2D eigenvalue weighted by Gasteiger charge is -2.34. The number of piperidine rings is 1. The van der Waals surface area contributed by atoms with E-state index in [4.69, 9.17) is 0 Å². The van der Waals surface area contributed by atoms with Gasteiger partial charge in [-0.15, -0.1) is 0 Å². The first-order chi connectivity index (χ1) is 4.72. The first-order valence-corrected chi connectivity index (χ1v) is 4.11. The summed E-state index contributed by atoms with van der Waals surface area (Å²) in [6.07, 6.45) is 2.67. The largest absolute Gasteiger partial charge is 0.313 e. The van der Waals surface area contributed by atoms with Crippen molar-refractivity contribution in [3.8, 4) is 0 Å². The molecule has 1 fully saturated rings. The molecule has 0 bridgehead atoms. The van der Waals surface area contributed by atoms with E-state index >= 15 is 0 Å². The lowest BCUT2D eigenvalue weighted by atomic mass is 9.99. The molecule has 0 aliphatic carbocycles. The Bertz CT molecular complexity index is 101. The Kier molecular flexibility index (Phi) is 2.69. The Labute approximate surface area is 63.6 Å². The third-order valence-electron chi connectivity index (χ3n) is 2.38. The summed E-state index contributed by atoms with van der Waals surface area (Å²) in [4.78, 5) is 2.32. The standard InChI is InChI=1S/C8H18N2/c1-7-8(10(2)3)5-4-6-9-7/h7-9H,4-6H2,1-3H3/t7-,8-/m1/s1. The van der Waals surface area contributed by atoms with Crippen LogP contribution in [0.15, 0.2) is 0 Å². The minimum atomic E-state index is 0.670. The summed E-state index contributed by atoms with van der Waals surface area (Å²) in [6.45, 7) is 3.47. The summed E-state index contributed by atoms with van der Waals surface area (Å²) < 4.78 is 0. The number of nitrogens with zero attached hydrogens (tertiary/aromatic N) is 1. The Hall–Kier alpha value is -0.0800. The smallest absolute Gasteiger partial charge is 0.0241 e. The fourth-order valence-electron chi connectivity index (χ4n) is 1.73. The maximum atomic E-state index is 3.47. The van der Waals surface area contributed by atoms with Crippen molar-refractivity contribution in [2.45, 2.75) is 31.8 Å². The maximum absolute atomic E-state index is 3.47. The lowest BCUT2D eigenvalue weighted by Crippen LogP contribution is -2.49. The summed E-state index contributed by atoms with van der Waals surface area (Å²) in [7, 11) is 4.32. The van der Waals surface area contributed by atoms with Crippen LogP contribution in [0.4, 0.5) is 0 Å². The molecule has 0 aromatic carbocycles. The fraction of sp³-hybridized carbons (Fsp3) is 1.00.